The van der Waals surface area contributed by atoms with E-state index in [4.69, 9.17) is 0 Å². The van der Waals surface area contributed by atoms with Gasteiger partial charge in [-0.3, -0.25) is 0 Å². The third-order valence-corrected chi connectivity index (χ3v) is 3.61. The molecular formula is C20H15N. The summed E-state index contributed by atoms with van der Waals surface area (Å²) >= 11 is 0. The number of benzene rings is 3. The van der Waals surface area contributed by atoms with Crippen molar-refractivity contribution in [3.8, 4) is 17.2 Å². The number of rotatable bonds is 3. The second-order valence-electron chi connectivity index (χ2n) is 4.96. The zero-order valence-electron chi connectivity index (χ0n) is 11.6. The highest BCUT2D eigenvalue weighted by atomic mass is 14.3. The molecule has 0 N–H and O–H groups in total. The summed E-state index contributed by atoms with van der Waals surface area (Å²) < 4.78 is 0. The van der Waals surface area contributed by atoms with Gasteiger partial charge in [-0.15, -0.1) is 0 Å². The van der Waals surface area contributed by atoms with Crippen LogP contribution in [-0.4, -0.2) is 0 Å². The van der Waals surface area contributed by atoms with E-state index in [1.54, 1.807) is 0 Å². The van der Waals surface area contributed by atoms with Gasteiger partial charge < -0.3 is 0 Å². The van der Waals surface area contributed by atoms with Crippen molar-refractivity contribution in [3.63, 3.8) is 0 Å². The van der Waals surface area contributed by atoms with E-state index in [-0.39, 0.29) is 5.92 Å². The smallest absolute Gasteiger partial charge is 0.0962 e. The van der Waals surface area contributed by atoms with E-state index in [1.807, 2.05) is 60.7 Å². The quantitative estimate of drug-likeness (QED) is 0.655. The minimum Gasteiger partial charge on any atom is -0.197 e. The molecule has 0 heterocycles. The normalized spacial score (nSPS) is 11.6. The lowest BCUT2D eigenvalue weighted by Gasteiger charge is -2.10. The number of nitrogens with zero attached hydrogens (tertiary/aromatic N) is 1. The van der Waals surface area contributed by atoms with Crippen molar-refractivity contribution in [3.05, 3.63) is 96.1 Å². The fourth-order valence-electron chi connectivity index (χ4n) is 2.49. The highest BCUT2D eigenvalue weighted by Gasteiger charge is 2.12. The summed E-state index contributed by atoms with van der Waals surface area (Å²) in [5.41, 5.74) is 4.43. The van der Waals surface area contributed by atoms with E-state index in [0.717, 1.165) is 11.1 Å². The minimum absolute atomic E-state index is 0.212. The number of nitriles is 1. The van der Waals surface area contributed by atoms with E-state index < -0.39 is 0 Å². The molecular weight excluding hydrogens is 254 g/mol. The molecule has 1 heteroatoms. The fourth-order valence-corrected chi connectivity index (χ4v) is 2.49. The monoisotopic (exact) mass is 269 g/mol. The van der Waals surface area contributed by atoms with Crippen LogP contribution in [0.4, 0.5) is 0 Å². The third-order valence-electron chi connectivity index (χ3n) is 3.61. The average Bonchev–Trinajstić information content (AvgIpc) is 2.58. The Labute approximate surface area is 125 Å². The molecule has 3 rings (SSSR count). The summed E-state index contributed by atoms with van der Waals surface area (Å²) in [6.45, 7) is 0. The van der Waals surface area contributed by atoms with E-state index in [2.05, 4.69) is 30.3 Å². The summed E-state index contributed by atoms with van der Waals surface area (Å²) in [5, 5.41) is 9.47. The zero-order chi connectivity index (χ0) is 14.5. The molecule has 0 aliphatic rings. The first-order valence-corrected chi connectivity index (χ1v) is 6.98. The standard InChI is InChI=1S/C20H15N/c21-15-20(18-9-5-2-6-10-18)19-13-11-17(12-14-19)16-7-3-1-4-8-16/h1-14,20H/t20-/m1/s1. The van der Waals surface area contributed by atoms with Gasteiger partial charge in [-0.05, 0) is 22.3 Å². The zero-order valence-corrected chi connectivity index (χ0v) is 11.6. The van der Waals surface area contributed by atoms with Crippen LogP contribution < -0.4 is 0 Å². The molecule has 0 aromatic heterocycles. The molecule has 100 valence electrons. The third kappa shape index (κ3) is 2.85. The Morgan fingerprint density at radius 3 is 1.62 bits per heavy atom. The molecule has 0 aliphatic heterocycles. The molecule has 1 nitrogen and oxygen atoms in total. The Hall–Kier alpha value is -2.85. The lowest BCUT2D eigenvalue weighted by molar-refractivity contribution is 1.04. The van der Waals surface area contributed by atoms with Crippen LogP contribution in [0.1, 0.15) is 17.0 Å². The van der Waals surface area contributed by atoms with Crippen LogP contribution in [0.5, 0.6) is 0 Å². The maximum atomic E-state index is 9.47. The van der Waals surface area contributed by atoms with Crippen LogP contribution >= 0.6 is 0 Å². The molecule has 3 aromatic carbocycles. The summed E-state index contributed by atoms with van der Waals surface area (Å²) in [4.78, 5) is 0. The molecule has 0 amide bonds. The van der Waals surface area contributed by atoms with Gasteiger partial charge >= 0.3 is 0 Å². The first-order valence-electron chi connectivity index (χ1n) is 6.98. The van der Waals surface area contributed by atoms with Crippen molar-refractivity contribution < 1.29 is 0 Å². The van der Waals surface area contributed by atoms with Crippen LogP contribution in [0, 0.1) is 11.3 Å². The molecule has 21 heavy (non-hydrogen) atoms. The number of hydrogen-bond acceptors (Lipinski definition) is 1. The van der Waals surface area contributed by atoms with E-state index in [1.165, 1.54) is 11.1 Å². The summed E-state index contributed by atoms with van der Waals surface area (Å²) in [5.74, 6) is -0.212. The van der Waals surface area contributed by atoms with Gasteiger partial charge in [-0.1, -0.05) is 84.9 Å². The fraction of sp³-hybridized carbons (Fsp3) is 0.0500. The van der Waals surface area contributed by atoms with Gasteiger partial charge in [0.2, 0.25) is 0 Å². The van der Waals surface area contributed by atoms with Crippen molar-refractivity contribution >= 4 is 0 Å². The second-order valence-corrected chi connectivity index (χ2v) is 4.96. The Morgan fingerprint density at radius 2 is 1.05 bits per heavy atom. The van der Waals surface area contributed by atoms with Gasteiger partial charge in [0.05, 0.1) is 12.0 Å². The number of hydrogen-bond donors (Lipinski definition) is 0. The van der Waals surface area contributed by atoms with Gasteiger partial charge in [0, 0.05) is 0 Å². The molecule has 0 spiro atoms. The lowest BCUT2D eigenvalue weighted by atomic mass is 9.91. The maximum absolute atomic E-state index is 9.47. The predicted octanol–water partition coefficient (Wildman–Crippen LogP) is 5.01. The van der Waals surface area contributed by atoms with Crippen LogP contribution in [0.3, 0.4) is 0 Å². The Morgan fingerprint density at radius 1 is 0.571 bits per heavy atom. The first kappa shape index (κ1) is 13.1. The first-order chi connectivity index (χ1) is 10.4. The highest BCUT2D eigenvalue weighted by Crippen LogP contribution is 2.26. The van der Waals surface area contributed by atoms with Crippen LogP contribution in [0.25, 0.3) is 11.1 Å². The molecule has 1 atom stereocenters. The molecule has 0 fully saturated rings. The molecule has 0 saturated heterocycles. The van der Waals surface area contributed by atoms with Gasteiger partial charge in [-0.25, -0.2) is 0 Å². The predicted molar refractivity (Wildman–Crippen MR) is 85.8 cm³/mol. The molecule has 0 radical (unpaired) electrons. The Kier molecular flexibility index (Phi) is 3.80. The topological polar surface area (TPSA) is 23.8 Å². The molecule has 0 bridgehead atoms. The summed E-state index contributed by atoms with van der Waals surface area (Å²) in [6, 6.07) is 30.8. The van der Waals surface area contributed by atoms with Crippen molar-refractivity contribution in [2.24, 2.45) is 0 Å². The van der Waals surface area contributed by atoms with Gasteiger partial charge in [0.1, 0.15) is 0 Å². The Bertz CT molecular complexity index is 737. The van der Waals surface area contributed by atoms with Gasteiger partial charge in [-0.2, -0.15) is 5.26 Å². The van der Waals surface area contributed by atoms with Crippen LogP contribution in [0.15, 0.2) is 84.9 Å². The van der Waals surface area contributed by atoms with Gasteiger partial charge in [0.15, 0.2) is 0 Å². The highest BCUT2D eigenvalue weighted by molar-refractivity contribution is 5.63. The molecule has 0 aliphatic carbocycles. The van der Waals surface area contributed by atoms with Crippen LogP contribution in [-0.2, 0) is 0 Å². The maximum Gasteiger partial charge on any atom is 0.0962 e. The van der Waals surface area contributed by atoms with Gasteiger partial charge in [0.25, 0.3) is 0 Å². The van der Waals surface area contributed by atoms with E-state index in [0.29, 0.717) is 0 Å². The van der Waals surface area contributed by atoms with Crippen molar-refractivity contribution in [2.45, 2.75) is 5.92 Å². The Balaban J connectivity index is 1.92. The van der Waals surface area contributed by atoms with Crippen molar-refractivity contribution in [2.75, 3.05) is 0 Å². The SMILES string of the molecule is N#C[C@H](c1ccccc1)c1ccc(-c2ccccc2)cc1. The van der Waals surface area contributed by atoms with Crippen LogP contribution in [0.2, 0.25) is 0 Å². The lowest BCUT2D eigenvalue weighted by Crippen LogP contribution is -1.97. The summed E-state index contributed by atoms with van der Waals surface area (Å²) in [6.07, 6.45) is 0. The molecule has 0 saturated carbocycles. The molecule has 0 unspecified atom stereocenters. The van der Waals surface area contributed by atoms with E-state index in [9.17, 15) is 5.26 Å². The molecule has 3 aromatic rings. The van der Waals surface area contributed by atoms with E-state index >= 15 is 0 Å². The minimum atomic E-state index is -0.212. The summed E-state index contributed by atoms with van der Waals surface area (Å²) in [7, 11) is 0. The average molecular weight is 269 g/mol. The largest absolute Gasteiger partial charge is 0.197 e. The van der Waals surface area contributed by atoms with Crippen molar-refractivity contribution in [1.29, 1.82) is 5.26 Å². The van der Waals surface area contributed by atoms with Crippen molar-refractivity contribution in [1.82, 2.24) is 0 Å². The second kappa shape index (κ2) is 6.07.